The van der Waals surface area contributed by atoms with E-state index < -0.39 is 0 Å². The van der Waals surface area contributed by atoms with Crippen molar-refractivity contribution in [3.05, 3.63) is 114 Å². The molecule has 0 aliphatic carbocycles. The number of nitrogens with one attached hydrogen (secondary N) is 1. The highest BCUT2D eigenvalue weighted by atomic mass is 15.0. The van der Waals surface area contributed by atoms with Crippen LogP contribution in [0.25, 0.3) is 22.3 Å². The fraction of sp³-hybridized carbons (Fsp3) is 0.111. The molecule has 2 aromatic carbocycles. The fourth-order valence-electron chi connectivity index (χ4n) is 3.86. The SMILES string of the molecule is Cc1ccc(-c2nc(NCC(c3ccncc3)c3ccncc3)c3ccccc3n2)cc1. The molecule has 0 saturated heterocycles. The molecule has 0 radical (unpaired) electrons. The lowest BCUT2D eigenvalue weighted by Gasteiger charge is -2.20. The van der Waals surface area contributed by atoms with Gasteiger partial charge in [-0.1, -0.05) is 42.0 Å². The maximum atomic E-state index is 4.91. The minimum Gasteiger partial charge on any atom is -0.368 e. The second kappa shape index (κ2) is 8.94. The number of fused-ring (bicyclic) bond motifs is 1. The normalized spacial score (nSPS) is 11.1. The largest absolute Gasteiger partial charge is 0.368 e. The zero-order chi connectivity index (χ0) is 21.8. The standard InChI is InChI=1S/C27H23N5/c1-19-6-8-22(9-7-19)26-31-25-5-3-2-4-23(25)27(32-26)30-18-24(20-10-14-28-15-11-20)21-12-16-29-17-13-21/h2-17,24H,18H2,1H3,(H,30,31,32). The van der Waals surface area contributed by atoms with Gasteiger partial charge in [0.25, 0.3) is 0 Å². The Bertz CT molecular complexity index is 1280. The van der Waals surface area contributed by atoms with Crippen molar-refractivity contribution in [1.29, 1.82) is 0 Å². The van der Waals surface area contributed by atoms with E-state index in [1.807, 2.05) is 43.0 Å². The van der Waals surface area contributed by atoms with E-state index in [1.165, 1.54) is 16.7 Å². The molecular formula is C27H23N5. The third-order valence-electron chi connectivity index (χ3n) is 5.60. The molecule has 0 fully saturated rings. The van der Waals surface area contributed by atoms with Gasteiger partial charge in [0.15, 0.2) is 5.82 Å². The van der Waals surface area contributed by atoms with Crippen molar-refractivity contribution in [2.45, 2.75) is 12.8 Å². The fourth-order valence-corrected chi connectivity index (χ4v) is 3.86. The Morgan fingerprint density at radius 2 is 1.34 bits per heavy atom. The van der Waals surface area contributed by atoms with Crippen molar-refractivity contribution in [2.24, 2.45) is 0 Å². The molecule has 0 aliphatic heterocycles. The summed E-state index contributed by atoms with van der Waals surface area (Å²) >= 11 is 0. The number of aromatic nitrogens is 4. The van der Waals surface area contributed by atoms with Crippen molar-refractivity contribution in [2.75, 3.05) is 11.9 Å². The van der Waals surface area contributed by atoms with Crippen molar-refractivity contribution in [3.8, 4) is 11.4 Å². The van der Waals surface area contributed by atoms with Crippen molar-refractivity contribution in [1.82, 2.24) is 19.9 Å². The van der Waals surface area contributed by atoms with Crippen LogP contribution in [0.2, 0.25) is 0 Å². The molecule has 0 aliphatic rings. The predicted molar refractivity (Wildman–Crippen MR) is 129 cm³/mol. The van der Waals surface area contributed by atoms with Gasteiger partial charge in [-0.2, -0.15) is 0 Å². The van der Waals surface area contributed by atoms with Crippen LogP contribution in [0.4, 0.5) is 5.82 Å². The molecule has 5 heteroatoms. The summed E-state index contributed by atoms with van der Waals surface area (Å²) in [6.45, 7) is 2.76. The Morgan fingerprint density at radius 1 is 0.719 bits per heavy atom. The summed E-state index contributed by atoms with van der Waals surface area (Å²) in [5.74, 6) is 1.69. The number of pyridine rings is 2. The molecule has 156 valence electrons. The molecule has 32 heavy (non-hydrogen) atoms. The number of hydrogen-bond donors (Lipinski definition) is 1. The molecule has 0 unspecified atom stereocenters. The highest BCUT2D eigenvalue weighted by molar-refractivity contribution is 5.90. The number of hydrogen-bond acceptors (Lipinski definition) is 5. The molecule has 0 amide bonds. The first kappa shape index (κ1) is 19.8. The molecule has 0 atom stereocenters. The van der Waals surface area contributed by atoms with Crippen LogP contribution in [-0.4, -0.2) is 26.5 Å². The lowest BCUT2D eigenvalue weighted by molar-refractivity contribution is 0.844. The number of aryl methyl sites for hydroxylation is 1. The van der Waals surface area contributed by atoms with E-state index in [2.05, 4.69) is 76.8 Å². The third kappa shape index (κ3) is 4.18. The van der Waals surface area contributed by atoms with E-state index in [-0.39, 0.29) is 5.92 Å². The average Bonchev–Trinajstić information content (AvgIpc) is 2.86. The van der Waals surface area contributed by atoms with E-state index in [1.54, 1.807) is 0 Å². The molecule has 0 saturated carbocycles. The van der Waals surface area contributed by atoms with Crippen LogP contribution in [0, 0.1) is 6.92 Å². The van der Waals surface area contributed by atoms with E-state index in [0.717, 1.165) is 28.1 Å². The topological polar surface area (TPSA) is 63.6 Å². The number of benzene rings is 2. The highest BCUT2D eigenvalue weighted by Gasteiger charge is 2.16. The van der Waals surface area contributed by atoms with Crippen molar-refractivity contribution >= 4 is 16.7 Å². The Kier molecular flexibility index (Phi) is 5.54. The average molecular weight is 418 g/mol. The molecule has 3 aromatic heterocycles. The van der Waals surface area contributed by atoms with Gasteiger partial charge in [0.2, 0.25) is 0 Å². The monoisotopic (exact) mass is 417 g/mol. The summed E-state index contributed by atoms with van der Waals surface area (Å²) in [4.78, 5) is 18.1. The van der Waals surface area contributed by atoms with Gasteiger partial charge in [0, 0.05) is 48.2 Å². The van der Waals surface area contributed by atoms with Gasteiger partial charge in [-0.05, 0) is 54.4 Å². The van der Waals surface area contributed by atoms with E-state index in [4.69, 9.17) is 9.97 Å². The Hall–Kier alpha value is -4.12. The Morgan fingerprint density at radius 3 is 2.00 bits per heavy atom. The molecule has 5 nitrogen and oxygen atoms in total. The quantitative estimate of drug-likeness (QED) is 0.387. The Balaban J connectivity index is 1.53. The minimum absolute atomic E-state index is 0.137. The van der Waals surface area contributed by atoms with Gasteiger partial charge in [-0.3, -0.25) is 9.97 Å². The number of para-hydroxylation sites is 1. The molecular weight excluding hydrogens is 394 g/mol. The van der Waals surface area contributed by atoms with E-state index in [9.17, 15) is 0 Å². The molecule has 0 bridgehead atoms. The van der Waals surface area contributed by atoms with Crippen molar-refractivity contribution < 1.29 is 0 Å². The molecule has 0 spiro atoms. The maximum Gasteiger partial charge on any atom is 0.162 e. The van der Waals surface area contributed by atoms with E-state index >= 15 is 0 Å². The van der Waals surface area contributed by atoms with Crippen LogP contribution in [0.3, 0.4) is 0 Å². The summed E-state index contributed by atoms with van der Waals surface area (Å²) in [6.07, 6.45) is 7.33. The van der Waals surface area contributed by atoms with E-state index in [0.29, 0.717) is 6.54 Å². The third-order valence-corrected chi connectivity index (χ3v) is 5.60. The van der Waals surface area contributed by atoms with Crippen LogP contribution in [0.5, 0.6) is 0 Å². The summed E-state index contributed by atoms with van der Waals surface area (Å²) in [5.41, 5.74) is 5.52. The zero-order valence-corrected chi connectivity index (χ0v) is 17.8. The number of anilines is 1. The summed E-state index contributed by atoms with van der Waals surface area (Å²) in [5, 5.41) is 4.62. The van der Waals surface area contributed by atoms with Gasteiger partial charge in [0.05, 0.1) is 5.52 Å². The first-order valence-corrected chi connectivity index (χ1v) is 10.7. The van der Waals surface area contributed by atoms with Crippen LogP contribution in [0.1, 0.15) is 22.6 Å². The second-order valence-corrected chi connectivity index (χ2v) is 7.77. The highest BCUT2D eigenvalue weighted by Crippen LogP contribution is 2.28. The Labute approximate surface area is 187 Å². The maximum absolute atomic E-state index is 4.91. The van der Waals surface area contributed by atoms with Crippen LogP contribution in [0.15, 0.2) is 97.6 Å². The first-order valence-electron chi connectivity index (χ1n) is 10.7. The van der Waals surface area contributed by atoms with Gasteiger partial charge < -0.3 is 5.32 Å². The number of rotatable bonds is 6. The summed E-state index contributed by atoms with van der Waals surface area (Å²) in [6, 6.07) is 24.7. The smallest absolute Gasteiger partial charge is 0.162 e. The summed E-state index contributed by atoms with van der Waals surface area (Å²) < 4.78 is 0. The molecule has 5 aromatic rings. The van der Waals surface area contributed by atoms with Gasteiger partial charge in [-0.25, -0.2) is 9.97 Å². The zero-order valence-electron chi connectivity index (χ0n) is 17.8. The van der Waals surface area contributed by atoms with Crippen LogP contribution in [-0.2, 0) is 0 Å². The lowest BCUT2D eigenvalue weighted by Crippen LogP contribution is -2.15. The van der Waals surface area contributed by atoms with Crippen molar-refractivity contribution in [3.63, 3.8) is 0 Å². The predicted octanol–water partition coefficient (Wildman–Crippen LogP) is 5.64. The van der Waals surface area contributed by atoms with Gasteiger partial charge in [-0.15, -0.1) is 0 Å². The summed E-state index contributed by atoms with van der Waals surface area (Å²) in [7, 11) is 0. The van der Waals surface area contributed by atoms with Gasteiger partial charge >= 0.3 is 0 Å². The molecule has 5 rings (SSSR count). The van der Waals surface area contributed by atoms with Crippen LogP contribution >= 0.6 is 0 Å². The first-order chi connectivity index (χ1) is 15.8. The number of nitrogens with zero attached hydrogens (tertiary/aromatic N) is 4. The molecule has 3 heterocycles. The van der Waals surface area contributed by atoms with Gasteiger partial charge in [0.1, 0.15) is 5.82 Å². The molecule has 1 N–H and O–H groups in total. The van der Waals surface area contributed by atoms with Crippen LogP contribution < -0.4 is 5.32 Å². The lowest BCUT2D eigenvalue weighted by atomic mass is 9.92. The second-order valence-electron chi connectivity index (χ2n) is 7.77. The minimum atomic E-state index is 0.137.